The number of amides is 1. The molecule has 0 aromatic heterocycles. The van der Waals surface area contributed by atoms with Crippen LogP contribution >= 0.6 is 0 Å². The molecule has 0 radical (unpaired) electrons. The van der Waals surface area contributed by atoms with Crippen LogP contribution in [0.15, 0.2) is 12.2 Å². The van der Waals surface area contributed by atoms with Gasteiger partial charge in [0, 0.05) is 25.2 Å². The zero-order valence-electron chi connectivity index (χ0n) is 12.2. The van der Waals surface area contributed by atoms with Gasteiger partial charge < -0.3 is 15.5 Å². The van der Waals surface area contributed by atoms with E-state index in [2.05, 4.69) is 18.7 Å². The summed E-state index contributed by atoms with van der Waals surface area (Å²) in [6.07, 6.45) is 6.95. The van der Waals surface area contributed by atoms with Crippen LogP contribution in [0.2, 0.25) is 0 Å². The van der Waals surface area contributed by atoms with Crippen molar-refractivity contribution in [1.29, 1.82) is 0 Å². The van der Waals surface area contributed by atoms with Gasteiger partial charge in [-0.1, -0.05) is 26.0 Å². The zero-order valence-corrected chi connectivity index (χ0v) is 12.2. The van der Waals surface area contributed by atoms with E-state index in [0.29, 0.717) is 6.04 Å². The molecule has 2 unspecified atom stereocenters. The number of nitrogens with zero attached hydrogens (tertiary/aromatic N) is 2. The van der Waals surface area contributed by atoms with Crippen LogP contribution < -0.4 is 5.73 Å². The lowest BCUT2D eigenvalue weighted by molar-refractivity contribution is -0.135. The van der Waals surface area contributed by atoms with E-state index in [9.17, 15) is 4.79 Å². The lowest BCUT2D eigenvalue weighted by Gasteiger charge is -2.38. The van der Waals surface area contributed by atoms with Gasteiger partial charge >= 0.3 is 0 Å². The van der Waals surface area contributed by atoms with Crippen LogP contribution in [-0.4, -0.2) is 54.0 Å². The number of piperidine rings is 1. The summed E-state index contributed by atoms with van der Waals surface area (Å²) in [5.74, 6) is 0.308. The van der Waals surface area contributed by atoms with E-state index in [1.54, 1.807) is 0 Å². The summed E-state index contributed by atoms with van der Waals surface area (Å²) < 4.78 is 0. The van der Waals surface area contributed by atoms with Crippen molar-refractivity contribution >= 4 is 5.91 Å². The van der Waals surface area contributed by atoms with E-state index in [1.807, 2.05) is 17.1 Å². The molecule has 1 aliphatic heterocycles. The average molecular weight is 265 g/mol. The number of hydrogen-bond acceptors (Lipinski definition) is 3. The number of carbonyl (C=O) groups is 1. The van der Waals surface area contributed by atoms with E-state index in [4.69, 9.17) is 5.73 Å². The first-order valence-electron chi connectivity index (χ1n) is 7.62. The summed E-state index contributed by atoms with van der Waals surface area (Å²) in [4.78, 5) is 16.9. The van der Waals surface area contributed by atoms with Crippen LogP contribution in [0.1, 0.15) is 33.1 Å². The van der Waals surface area contributed by atoms with Crippen molar-refractivity contribution in [3.8, 4) is 0 Å². The fourth-order valence-electron chi connectivity index (χ4n) is 3.34. The molecule has 0 bridgehead atoms. The highest BCUT2D eigenvalue weighted by atomic mass is 16.2. The lowest BCUT2D eigenvalue weighted by atomic mass is 10.00. The molecule has 108 valence electrons. The van der Waals surface area contributed by atoms with E-state index in [-0.39, 0.29) is 17.9 Å². The molecule has 0 spiro atoms. The summed E-state index contributed by atoms with van der Waals surface area (Å²) in [5.41, 5.74) is 5.83. The van der Waals surface area contributed by atoms with Crippen LogP contribution in [0.25, 0.3) is 0 Å². The molecular weight excluding hydrogens is 238 g/mol. The normalized spacial score (nSPS) is 28.3. The van der Waals surface area contributed by atoms with Crippen molar-refractivity contribution in [2.75, 3.05) is 26.2 Å². The third kappa shape index (κ3) is 3.37. The Hall–Kier alpha value is -0.870. The molecule has 2 rings (SSSR count). The minimum absolute atomic E-state index is 0.0278. The first-order valence-corrected chi connectivity index (χ1v) is 7.62. The van der Waals surface area contributed by atoms with Gasteiger partial charge in [0.05, 0.1) is 5.92 Å². The van der Waals surface area contributed by atoms with E-state index >= 15 is 0 Å². The minimum Gasteiger partial charge on any atom is -0.342 e. The Labute approximate surface area is 116 Å². The van der Waals surface area contributed by atoms with Gasteiger partial charge in [0.25, 0.3) is 0 Å². The maximum Gasteiger partial charge on any atom is 0.229 e. The van der Waals surface area contributed by atoms with Gasteiger partial charge in [0.2, 0.25) is 5.91 Å². The zero-order chi connectivity index (χ0) is 13.8. The number of hydrogen-bond donors (Lipinski definition) is 1. The molecule has 1 saturated heterocycles. The second-order valence-corrected chi connectivity index (χ2v) is 5.67. The second kappa shape index (κ2) is 6.53. The third-order valence-electron chi connectivity index (χ3n) is 4.54. The molecule has 1 amide bonds. The Kier molecular flexibility index (Phi) is 4.99. The van der Waals surface area contributed by atoms with Gasteiger partial charge in [0.15, 0.2) is 0 Å². The van der Waals surface area contributed by atoms with Gasteiger partial charge in [-0.25, -0.2) is 0 Å². The number of likely N-dealkylation sites (tertiary alicyclic amines) is 1. The molecule has 0 aromatic rings. The summed E-state index contributed by atoms with van der Waals surface area (Å²) in [6.45, 7) is 8.45. The lowest BCUT2D eigenvalue weighted by Crippen LogP contribution is -2.48. The Bertz CT molecular complexity index is 330. The molecule has 4 heteroatoms. The molecule has 2 N–H and O–H groups in total. The van der Waals surface area contributed by atoms with Crippen molar-refractivity contribution in [2.24, 2.45) is 11.7 Å². The second-order valence-electron chi connectivity index (χ2n) is 5.67. The summed E-state index contributed by atoms with van der Waals surface area (Å²) in [6, 6.07) is 0.725. The van der Waals surface area contributed by atoms with Crippen LogP contribution in [0.5, 0.6) is 0 Å². The van der Waals surface area contributed by atoms with Crippen LogP contribution in [0, 0.1) is 5.92 Å². The standard InChI is InChI=1S/C15H27N3O/c1-3-17(4-2)14-7-9-18(10-8-14)15(19)12-5-6-13(16)11-12/h5-6,12-14H,3-4,7-11,16H2,1-2H3. The quantitative estimate of drug-likeness (QED) is 0.778. The topological polar surface area (TPSA) is 49.6 Å². The van der Waals surface area contributed by atoms with E-state index < -0.39 is 0 Å². The largest absolute Gasteiger partial charge is 0.342 e. The van der Waals surface area contributed by atoms with Gasteiger partial charge in [-0.15, -0.1) is 0 Å². The van der Waals surface area contributed by atoms with Gasteiger partial charge in [-0.3, -0.25) is 4.79 Å². The molecule has 0 saturated carbocycles. The van der Waals surface area contributed by atoms with Crippen molar-refractivity contribution in [3.63, 3.8) is 0 Å². The van der Waals surface area contributed by atoms with Crippen molar-refractivity contribution in [2.45, 2.75) is 45.2 Å². The molecule has 2 aliphatic rings. The molecule has 4 nitrogen and oxygen atoms in total. The maximum absolute atomic E-state index is 12.4. The molecule has 2 atom stereocenters. The summed E-state index contributed by atoms with van der Waals surface area (Å²) in [5, 5.41) is 0. The predicted octanol–water partition coefficient (Wildman–Crippen LogP) is 1.22. The highest BCUT2D eigenvalue weighted by Crippen LogP contribution is 2.23. The first kappa shape index (κ1) is 14.5. The Morgan fingerprint density at radius 3 is 2.37 bits per heavy atom. The van der Waals surface area contributed by atoms with Gasteiger partial charge in [0.1, 0.15) is 0 Å². The summed E-state index contributed by atoms with van der Waals surface area (Å²) >= 11 is 0. The smallest absolute Gasteiger partial charge is 0.229 e. The van der Waals surface area contributed by atoms with Gasteiger partial charge in [-0.05, 0) is 32.4 Å². The van der Waals surface area contributed by atoms with Crippen molar-refractivity contribution in [1.82, 2.24) is 9.80 Å². The molecule has 1 fully saturated rings. The monoisotopic (exact) mass is 265 g/mol. The number of carbonyl (C=O) groups excluding carboxylic acids is 1. The fraction of sp³-hybridized carbons (Fsp3) is 0.800. The molecule has 19 heavy (non-hydrogen) atoms. The molecular formula is C15H27N3O. The SMILES string of the molecule is CCN(CC)C1CCN(C(=O)C2C=CC(N)C2)CC1. The Balaban J connectivity index is 1.83. The van der Waals surface area contributed by atoms with Crippen LogP contribution in [0.3, 0.4) is 0 Å². The molecule has 0 aromatic carbocycles. The van der Waals surface area contributed by atoms with E-state index in [0.717, 1.165) is 45.4 Å². The van der Waals surface area contributed by atoms with Crippen molar-refractivity contribution in [3.05, 3.63) is 12.2 Å². The van der Waals surface area contributed by atoms with E-state index in [1.165, 1.54) is 0 Å². The Morgan fingerprint density at radius 2 is 1.89 bits per heavy atom. The average Bonchev–Trinajstić information content (AvgIpc) is 2.87. The first-order chi connectivity index (χ1) is 9.15. The number of nitrogens with two attached hydrogens (primary N) is 1. The van der Waals surface area contributed by atoms with Crippen molar-refractivity contribution < 1.29 is 4.79 Å². The highest BCUT2D eigenvalue weighted by Gasteiger charge is 2.30. The summed E-state index contributed by atoms with van der Waals surface area (Å²) in [7, 11) is 0. The molecule has 1 heterocycles. The minimum atomic E-state index is 0.0278. The third-order valence-corrected chi connectivity index (χ3v) is 4.54. The Morgan fingerprint density at radius 1 is 1.26 bits per heavy atom. The fourth-order valence-corrected chi connectivity index (χ4v) is 3.34. The highest BCUT2D eigenvalue weighted by molar-refractivity contribution is 5.81. The van der Waals surface area contributed by atoms with Crippen LogP contribution in [0.4, 0.5) is 0 Å². The predicted molar refractivity (Wildman–Crippen MR) is 77.7 cm³/mol. The van der Waals surface area contributed by atoms with Gasteiger partial charge in [-0.2, -0.15) is 0 Å². The number of rotatable bonds is 4. The molecule has 1 aliphatic carbocycles. The maximum atomic E-state index is 12.4. The van der Waals surface area contributed by atoms with Crippen LogP contribution in [-0.2, 0) is 4.79 Å².